The third kappa shape index (κ3) is 1.77. The van der Waals surface area contributed by atoms with Crippen molar-refractivity contribution < 1.29 is 6.85 Å². The van der Waals surface area contributed by atoms with Gasteiger partial charge >= 0.3 is 0 Å². The van der Waals surface area contributed by atoms with E-state index in [1.165, 1.54) is 0 Å². The summed E-state index contributed by atoms with van der Waals surface area (Å²) >= 11 is 0. The van der Waals surface area contributed by atoms with Crippen molar-refractivity contribution in [3.05, 3.63) is 12.1 Å². The zero-order valence-corrected chi connectivity index (χ0v) is 4.20. The zero-order chi connectivity index (χ0) is 9.35. The number of rotatable bonds is 0. The van der Waals surface area contributed by atoms with E-state index in [4.69, 9.17) is 6.85 Å². The number of hydrogen-bond donors (Lipinski definition) is 0. The van der Waals surface area contributed by atoms with E-state index in [1.807, 2.05) is 0 Å². The van der Waals surface area contributed by atoms with E-state index in [2.05, 4.69) is 0 Å². The van der Waals surface area contributed by atoms with Crippen LogP contribution in [0.1, 0.15) is 38.9 Å². The van der Waals surface area contributed by atoms with Crippen LogP contribution in [0, 0.1) is 0 Å². The lowest BCUT2D eigenvalue weighted by Gasteiger charge is -1.86. The van der Waals surface area contributed by atoms with Crippen LogP contribution in [0.5, 0.6) is 0 Å². The number of hydrogen-bond acceptors (Lipinski definition) is 0. The van der Waals surface area contributed by atoms with Crippen molar-refractivity contribution in [2.45, 2.75) is 32.0 Å². The highest BCUT2D eigenvalue weighted by Gasteiger charge is 1.88. The first-order chi connectivity index (χ1) is 5.46. The van der Waals surface area contributed by atoms with Crippen molar-refractivity contribution in [3.63, 3.8) is 0 Å². The molecule has 1 unspecified atom stereocenters. The average Bonchev–Trinajstić information content (AvgIpc) is 2.07. The molecule has 1 aliphatic rings. The lowest BCUT2D eigenvalue weighted by atomic mass is 10.2. The second-order valence-electron chi connectivity index (χ2n) is 1.54. The summed E-state index contributed by atoms with van der Waals surface area (Å²) in [5, 5.41) is 0. The largest absolute Gasteiger partial charge is 0.0885 e. The van der Waals surface area contributed by atoms with Crippen LogP contribution < -0.4 is 0 Å². The Morgan fingerprint density at radius 1 is 1.43 bits per heavy atom. The fourth-order valence-electron chi connectivity index (χ4n) is 0.529. The SMILES string of the molecule is [2H]C1=C([2H])C([2H])([2H])C([2H])CCC1. The Balaban J connectivity index is 2.98. The van der Waals surface area contributed by atoms with Gasteiger partial charge in [0.05, 0.1) is 2.74 Å². The summed E-state index contributed by atoms with van der Waals surface area (Å²) in [5.74, 6) is 0. The molecule has 0 saturated carbocycles. The lowest BCUT2D eigenvalue weighted by molar-refractivity contribution is 0.718. The minimum Gasteiger partial charge on any atom is -0.0885 e. The van der Waals surface area contributed by atoms with Gasteiger partial charge < -0.3 is 0 Å². The molecule has 0 aromatic rings. The molecule has 0 aromatic carbocycles. The third-order valence-corrected chi connectivity index (χ3v) is 0.913. The summed E-state index contributed by atoms with van der Waals surface area (Å²) in [6, 6.07) is -0.255. The fourth-order valence-corrected chi connectivity index (χ4v) is 0.529. The Kier molecular flexibility index (Phi) is 0.653. The van der Waals surface area contributed by atoms with Gasteiger partial charge in [0, 0.05) is 4.11 Å². The molecular weight excluding hydrogens is 84.1 g/mol. The summed E-state index contributed by atoms with van der Waals surface area (Å²) in [4.78, 5) is 0. The van der Waals surface area contributed by atoms with Crippen molar-refractivity contribution >= 4 is 0 Å². The van der Waals surface area contributed by atoms with Crippen molar-refractivity contribution in [2.75, 3.05) is 0 Å². The van der Waals surface area contributed by atoms with Crippen LogP contribution >= 0.6 is 0 Å². The van der Waals surface area contributed by atoms with Crippen LogP contribution in [-0.4, -0.2) is 0 Å². The molecule has 0 spiro atoms. The summed E-state index contributed by atoms with van der Waals surface area (Å²) in [6.45, 7) is 0. The molecule has 1 rings (SSSR count). The predicted molar refractivity (Wildman–Crippen MR) is 32.2 cm³/mol. The standard InChI is InChI=1S/C7H12/c1-2-4-6-7-5-3-1/h1-2H,3-7H2/i1D,2D,3D2,5D. The highest BCUT2D eigenvalue weighted by molar-refractivity contribution is 4.83. The topological polar surface area (TPSA) is 0 Å². The third-order valence-electron chi connectivity index (χ3n) is 0.913. The van der Waals surface area contributed by atoms with Gasteiger partial charge in [0.25, 0.3) is 0 Å². The Bertz CT molecular complexity index is 208. The normalized spacial score (nSPS) is 52.6. The molecule has 0 aromatic heterocycles. The average molecular weight is 101 g/mol. The highest BCUT2D eigenvalue weighted by Crippen LogP contribution is 2.08. The van der Waals surface area contributed by atoms with Crippen LogP contribution in [-0.2, 0) is 0 Å². The van der Waals surface area contributed by atoms with Gasteiger partial charge in [0.1, 0.15) is 0 Å². The minimum atomic E-state index is -1.92. The molecule has 1 atom stereocenters. The van der Waals surface area contributed by atoms with Crippen LogP contribution in [0.2, 0.25) is 0 Å². The van der Waals surface area contributed by atoms with Gasteiger partial charge in [-0.3, -0.25) is 0 Å². The summed E-state index contributed by atoms with van der Waals surface area (Å²) in [5.41, 5.74) is 0. The minimum absolute atomic E-state index is 0.0507. The molecule has 0 heteroatoms. The Morgan fingerprint density at radius 3 is 3.43 bits per heavy atom. The van der Waals surface area contributed by atoms with E-state index in [0.29, 0.717) is 19.3 Å². The number of allylic oxidation sites excluding steroid dienone is 2. The molecule has 0 fully saturated rings. The van der Waals surface area contributed by atoms with Crippen molar-refractivity contribution in [1.82, 2.24) is 0 Å². The van der Waals surface area contributed by atoms with E-state index in [0.717, 1.165) is 0 Å². The second kappa shape index (κ2) is 2.84. The van der Waals surface area contributed by atoms with Gasteiger partial charge in [0.15, 0.2) is 0 Å². The van der Waals surface area contributed by atoms with Crippen molar-refractivity contribution in [3.8, 4) is 0 Å². The van der Waals surface area contributed by atoms with Crippen molar-refractivity contribution in [2.24, 2.45) is 0 Å². The molecule has 0 amide bonds. The maximum atomic E-state index is 7.42. The maximum absolute atomic E-state index is 7.42. The Morgan fingerprint density at radius 2 is 2.43 bits per heavy atom. The smallest absolute Gasteiger partial charge is 0.0572 e. The van der Waals surface area contributed by atoms with Crippen LogP contribution in [0.3, 0.4) is 0 Å². The first-order valence-electron chi connectivity index (χ1n) is 5.13. The molecule has 0 saturated heterocycles. The Hall–Kier alpha value is -0.260. The van der Waals surface area contributed by atoms with E-state index in [-0.39, 0.29) is 12.1 Å². The van der Waals surface area contributed by atoms with E-state index < -0.39 is 12.8 Å². The van der Waals surface area contributed by atoms with Gasteiger partial charge in [-0.15, -0.1) is 0 Å². The molecule has 40 valence electrons. The fraction of sp³-hybridized carbons (Fsp3) is 0.714. The van der Waals surface area contributed by atoms with Crippen LogP contribution in [0.4, 0.5) is 0 Å². The lowest BCUT2D eigenvalue weighted by Crippen LogP contribution is -1.67. The molecule has 0 bridgehead atoms. The van der Waals surface area contributed by atoms with Gasteiger partial charge in [-0.05, 0) is 25.6 Å². The quantitative estimate of drug-likeness (QED) is 0.411. The summed E-state index contributed by atoms with van der Waals surface area (Å²) < 4.78 is 36.9. The molecule has 0 N–H and O–H groups in total. The van der Waals surface area contributed by atoms with Gasteiger partial charge in [-0.2, -0.15) is 0 Å². The first-order valence-corrected chi connectivity index (χ1v) is 2.55. The van der Waals surface area contributed by atoms with E-state index in [1.54, 1.807) is 0 Å². The molecule has 1 aliphatic carbocycles. The summed E-state index contributed by atoms with van der Waals surface area (Å²) in [7, 11) is 0. The molecular formula is C7H12. The predicted octanol–water partition coefficient (Wildman–Crippen LogP) is 2.51. The molecule has 0 radical (unpaired) electrons. The molecule has 0 nitrogen and oxygen atoms in total. The summed E-state index contributed by atoms with van der Waals surface area (Å²) in [6.07, 6.45) is -1.28. The molecule has 0 aliphatic heterocycles. The molecule has 7 heavy (non-hydrogen) atoms. The van der Waals surface area contributed by atoms with E-state index in [9.17, 15) is 0 Å². The van der Waals surface area contributed by atoms with Crippen LogP contribution in [0.25, 0.3) is 0 Å². The maximum Gasteiger partial charge on any atom is 0.0572 e. The van der Waals surface area contributed by atoms with Gasteiger partial charge in [-0.25, -0.2) is 0 Å². The second-order valence-corrected chi connectivity index (χ2v) is 1.54. The van der Waals surface area contributed by atoms with Gasteiger partial charge in [0.2, 0.25) is 0 Å². The monoisotopic (exact) mass is 101 g/mol. The zero-order valence-electron chi connectivity index (χ0n) is 9.20. The van der Waals surface area contributed by atoms with Crippen molar-refractivity contribution in [1.29, 1.82) is 0 Å². The van der Waals surface area contributed by atoms with Gasteiger partial charge in [-0.1, -0.05) is 18.5 Å². The highest BCUT2D eigenvalue weighted by atomic mass is 13.9. The molecule has 0 heterocycles. The van der Waals surface area contributed by atoms with Crippen LogP contribution in [0.15, 0.2) is 12.1 Å². The first kappa shape index (κ1) is 1.61. The van der Waals surface area contributed by atoms with E-state index >= 15 is 0 Å². The Labute approximate surface area is 52.3 Å².